The number of hydrogen-bond acceptors (Lipinski definition) is 4. The van der Waals surface area contributed by atoms with Crippen molar-refractivity contribution in [1.29, 1.82) is 0 Å². The predicted octanol–water partition coefficient (Wildman–Crippen LogP) is 3.22. The fourth-order valence-electron chi connectivity index (χ4n) is 2.87. The van der Waals surface area contributed by atoms with Crippen molar-refractivity contribution in [3.63, 3.8) is 0 Å². The molecule has 0 radical (unpaired) electrons. The summed E-state index contributed by atoms with van der Waals surface area (Å²) in [5.41, 5.74) is 0.722. The van der Waals surface area contributed by atoms with E-state index in [0.29, 0.717) is 15.9 Å². The Morgan fingerprint density at radius 3 is 2.68 bits per heavy atom. The quantitative estimate of drug-likeness (QED) is 0.786. The maximum atomic E-state index is 12.6. The molecule has 1 aromatic heterocycles. The van der Waals surface area contributed by atoms with Gasteiger partial charge in [-0.05, 0) is 44.2 Å². The average Bonchev–Trinajstić information content (AvgIpc) is 3.10. The van der Waals surface area contributed by atoms with Crippen molar-refractivity contribution in [2.24, 2.45) is 0 Å². The second-order valence-electron chi connectivity index (χ2n) is 5.99. The highest BCUT2D eigenvalue weighted by molar-refractivity contribution is 7.18. The smallest absolute Gasteiger partial charge is 0.324 e. The average molecular weight is 358 g/mol. The van der Waals surface area contributed by atoms with Gasteiger partial charge in [-0.25, -0.2) is 4.79 Å². The van der Waals surface area contributed by atoms with E-state index in [-0.39, 0.29) is 11.9 Å². The summed E-state index contributed by atoms with van der Waals surface area (Å²) in [6, 6.07) is 12.8. The molecular formula is C18H22N4O2S. The lowest BCUT2D eigenvalue weighted by molar-refractivity contribution is 0.0703. The van der Waals surface area contributed by atoms with E-state index in [2.05, 4.69) is 16.0 Å². The third-order valence-electron chi connectivity index (χ3n) is 4.20. The van der Waals surface area contributed by atoms with Crippen molar-refractivity contribution < 1.29 is 9.59 Å². The number of nitrogens with one attached hydrogen (secondary N) is 3. The highest BCUT2D eigenvalue weighted by Crippen LogP contribution is 2.24. The Morgan fingerprint density at radius 1 is 1.12 bits per heavy atom. The number of nitrogens with zero attached hydrogens (tertiary/aromatic N) is 1. The van der Waals surface area contributed by atoms with Crippen LogP contribution in [0.4, 0.5) is 15.5 Å². The summed E-state index contributed by atoms with van der Waals surface area (Å²) in [6.45, 7) is 1.51. The Hall–Kier alpha value is -2.38. The molecule has 132 valence electrons. The fourth-order valence-corrected chi connectivity index (χ4v) is 3.74. The number of carbonyl (C=O) groups excluding carboxylic acids is 2. The Morgan fingerprint density at radius 2 is 1.92 bits per heavy atom. The normalized spacial score (nSPS) is 17.2. The lowest BCUT2D eigenvalue weighted by Gasteiger charge is -2.32. The fraction of sp³-hybridized carbons (Fsp3) is 0.333. The number of amides is 3. The largest absolute Gasteiger partial charge is 0.336 e. The van der Waals surface area contributed by atoms with Gasteiger partial charge in [0.15, 0.2) is 0 Å². The van der Waals surface area contributed by atoms with Crippen molar-refractivity contribution in [2.75, 3.05) is 30.8 Å². The first kappa shape index (κ1) is 17.4. The first-order valence-corrected chi connectivity index (χ1v) is 9.17. The number of benzene rings is 1. The third-order valence-corrected chi connectivity index (χ3v) is 5.19. The highest BCUT2D eigenvalue weighted by atomic mass is 32.1. The van der Waals surface area contributed by atoms with Gasteiger partial charge < -0.3 is 15.5 Å². The van der Waals surface area contributed by atoms with Crippen molar-refractivity contribution in [2.45, 2.75) is 18.9 Å². The van der Waals surface area contributed by atoms with Gasteiger partial charge in [-0.1, -0.05) is 18.2 Å². The molecule has 6 nitrogen and oxygen atoms in total. The molecule has 0 saturated carbocycles. The molecule has 3 amide bonds. The van der Waals surface area contributed by atoms with Crippen LogP contribution in [0.3, 0.4) is 0 Å². The second-order valence-corrected chi connectivity index (χ2v) is 7.07. The molecule has 0 bridgehead atoms. The number of para-hydroxylation sites is 1. The second kappa shape index (κ2) is 8.13. The molecule has 1 unspecified atom stereocenters. The number of anilines is 2. The number of hydrogen-bond donors (Lipinski definition) is 3. The molecule has 7 heteroatoms. The minimum atomic E-state index is -0.319. The van der Waals surface area contributed by atoms with E-state index in [1.165, 1.54) is 11.3 Å². The summed E-state index contributed by atoms with van der Waals surface area (Å²) < 4.78 is 0. The van der Waals surface area contributed by atoms with E-state index in [9.17, 15) is 9.59 Å². The molecule has 2 heterocycles. The third kappa shape index (κ3) is 4.58. The summed E-state index contributed by atoms with van der Waals surface area (Å²) in [5.74, 6) is 0.0291. The molecule has 0 aliphatic carbocycles. The first-order chi connectivity index (χ1) is 12.2. The highest BCUT2D eigenvalue weighted by Gasteiger charge is 2.24. The summed E-state index contributed by atoms with van der Waals surface area (Å²) in [7, 11) is 1.93. The molecule has 1 saturated heterocycles. The van der Waals surface area contributed by atoms with Crippen molar-refractivity contribution >= 4 is 34.0 Å². The molecule has 1 aliphatic heterocycles. The molecule has 3 rings (SSSR count). The molecule has 3 N–H and O–H groups in total. The summed E-state index contributed by atoms with van der Waals surface area (Å²) >= 11 is 1.30. The van der Waals surface area contributed by atoms with Gasteiger partial charge in [0.05, 0.1) is 9.88 Å². The van der Waals surface area contributed by atoms with Gasteiger partial charge in [-0.3, -0.25) is 10.1 Å². The SMILES string of the molecule is CNC1CCCN(C(=O)c2ccc(NC(=O)Nc3ccccc3)s2)C1. The number of urea groups is 1. The van der Waals surface area contributed by atoms with Crippen LogP contribution in [-0.4, -0.2) is 43.0 Å². The van der Waals surface area contributed by atoms with E-state index in [4.69, 9.17) is 0 Å². The molecule has 25 heavy (non-hydrogen) atoms. The van der Waals surface area contributed by atoms with Gasteiger partial charge in [0.1, 0.15) is 0 Å². The number of likely N-dealkylation sites (tertiary alicyclic amines) is 1. The minimum Gasteiger partial charge on any atom is -0.336 e. The van der Waals surface area contributed by atoms with Crippen LogP contribution in [0, 0.1) is 0 Å². The monoisotopic (exact) mass is 358 g/mol. The summed E-state index contributed by atoms with van der Waals surface area (Å²) in [6.07, 6.45) is 2.10. The number of piperidine rings is 1. The van der Waals surface area contributed by atoms with E-state index in [1.54, 1.807) is 12.1 Å². The van der Waals surface area contributed by atoms with Gasteiger partial charge in [-0.15, -0.1) is 11.3 Å². The van der Waals surface area contributed by atoms with E-state index in [1.807, 2.05) is 42.3 Å². The zero-order valence-corrected chi connectivity index (χ0v) is 14.9. The van der Waals surface area contributed by atoms with Crippen LogP contribution in [0.2, 0.25) is 0 Å². The van der Waals surface area contributed by atoms with Crippen molar-refractivity contribution in [3.05, 3.63) is 47.3 Å². The number of likely N-dealkylation sites (N-methyl/N-ethyl adjacent to an activating group) is 1. The molecule has 1 aliphatic rings. The Kier molecular flexibility index (Phi) is 5.67. The lowest BCUT2D eigenvalue weighted by atomic mass is 10.1. The van der Waals surface area contributed by atoms with Crippen LogP contribution in [-0.2, 0) is 0 Å². The Bertz CT molecular complexity index is 732. The van der Waals surface area contributed by atoms with Gasteiger partial charge in [-0.2, -0.15) is 0 Å². The van der Waals surface area contributed by atoms with Gasteiger partial charge in [0.25, 0.3) is 5.91 Å². The van der Waals surface area contributed by atoms with E-state index < -0.39 is 0 Å². The van der Waals surface area contributed by atoms with Gasteiger partial charge in [0, 0.05) is 24.8 Å². The summed E-state index contributed by atoms with van der Waals surface area (Å²) in [4.78, 5) is 27.2. The molecular weight excluding hydrogens is 336 g/mol. The Balaban J connectivity index is 1.58. The van der Waals surface area contributed by atoms with Crippen LogP contribution in [0.15, 0.2) is 42.5 Å². The van der Waals surface area contributed by atoms with Gasteiger partial charge >= 0.3 is 6.03 Å². The first-order valence-electron chi connectivity index (χ1n) is 8.35. The van der Waals surface area contributed by atoms with Crippen LogP contribution in [0.25, 0.3) is 0 Å². The predicted molar refractivity (Wildman–Crippen MR) is 101 cm³/mol. The van der Waals surface area contributed by atoms with Crippen LogP contribution in [0.5, 0.6) is 0 Å². The summed E-state index contributed by atoms with van der Waals surface area (Å²) in [5, 5.41) is 9.42. The maximum absolute atomic E-state index is 12.6. The standard InChI is InChI=1S/C18H22N4O2S/c1-19-14-8-5-11-22(12-14)17(23)15-9-10-16(25-15)21-18(24)20-13-6-3-2-4-7-13/h2-4,6-7,9-10,14,19H,5,8,11-12H2,1H3,(H2,20,21,24). The zero-order chi connectivity index (χ0) is 17.6. The van der Waals surface area contributed by atoms with Crippen LogP contribution in [0.1, 0.15) is 22.5 Å². The molecule has 0 spiro atoms. The molecule has 1 aromatic carbocycles. The van der Waals surface area contributed by atoms with Crippen molar-refractivity contribution in [1.82, 2.24) is 10.2 Å². The Labute approximate surface area is 151 Å². The number of thiophene rings is 1. The van der Waals surface area contributed by atoms with E-state index in [0.717, 1.165) is 31.6 Å². The number of rotatable bonds is 4. The number of carbonyl (C=O) groups is 2. The molecule has 1 atom stereocenters. The maximum Gasteiger partial charge on any atom is 0.324 e. The zero-order valence-electron chi connectivity index (χ0n) is 14.1. The topological polar surface area (TPSA) is 73.5 Å². The van der Waals surface area contributed by atoms with Crippen LogP contribution < -0.4 is 16.0 Å². The van der Waals surface area contributed by atoms with E-state index >= 15 is 0 Å². The van der Waals surface area contributed by atoms with Gasteiger partial charge in [0.2, 0.25) is 0 Å². The molecule has 2 aromatic rings. The molecule has 1 fully saturated rings. The van der Waals surface area contributed by atoms with Crippen molar-refractivity contribution in [3.8, 4) is 0 Å². The lowest BCUT2D eigenvalue weighted by Crippen LogP contribution is -2.46. The minimum absolute atomic E-state index is 0.0291. The van der Waals surface area contributed by atoms with Crippen LogP contribution >= 0.6 is 11.3 Å².